The summed E-state index contributed by atoms with van der Waals surface area (Å²) < 4.78 is 11.6. The van der Waals surface area contributed by atoms with Crippen molar-refractivity contribution in [1.29, 1.82) is 0 Å². The molecule has 1 aliphatic rings. The third kappa shape index (κ3) is 4.98. The number of piperidine rings is 1. The van der Waals surface area contributed by atoms with Gasteiger partial charge in [-0.25, -0.2) is 9.97 Å². The molecule has 27 heavy (non-hydrogen) atoms. The molecule has 1 fully saturated rings. The van der Waals surface area contributed by atoms with Gasteiger partial charge in [0.2, 0.25) is 11.8 Å². The van der Waals surface area contributed by atoms with Crippen LogP contribution in [0, 0.1) is 0 Å². The van der Waals surface area contributed by atoms with E-state index >= 15 is 0 Å². The number of benzene rings is 1. The van der Waals surface area contributed by atoms with Gasteiger partial charge in [0.1, 0.15) is 11.9 Å². The maximum Gasteiger partial charge on any atom is 0.237 e. The first-order valence-electron chi connectivity index (χ1n) is 9.03. The van der Waals surface area contributed by atoms with Crippen LogP contribution in [0.3, 0.4) is 0 Å². The lowest BCUT2D eigenvalue weighted by atomic mass is 10.1. The Balaban J connectivity index is 1.25. The second-order valence-corrected chi connectivity index (χ2v) is 6.43. The molecule has 1 saturated heterocycles. The SMILES string of the molecule is c1cnc(Oc2ccc(CN3CCC(Oc4cnccn4)CC3)cc2)cn1. The average molecular weight is 363 g/mol. The molecule has 0 saturated carbocycles. The van der Waals surface area contributed by atoms with E-state index in [1.807, 2.05) is 12.1 Å². The Morgan fingerprint density at radius 1 is 0.852 bits per heavy atom. The number of likely N-dealkylation sites (tertiary alicyclic amines) is 1. The van der Waals surface area contributed by atoms with Gasteiger partial charge in [-0.05, 0) is 30.5 Å². The summed E-state index contributed by atoms with van der Waals surface area (Å²) >= 11 is 0. The van der Waals surface area contributed by atoms with Gasteiger partial charge in [-0.2, -0.15) is 0 Å². The van der Waals surface area contributed by atoms with Gasteiger partial charge in [0.15, 0.2) is 0 Å². The van der Waals surface area contributed by atoms with Crippen LogP contribution in [0.2, 0.25) is 0 Å². The van der Waals surface area contributed by atoms with Gasteiger partial charge < -0.3 is 9.47 Å². The van der Waals surface area contributed by atoms with Crippen LogP contribution in [0.25, 0.3) is 0 Å². The van der Waals surface area contributed by atoms with E-state index in [4.69, 9.17) is 9.47 Å². The Kier molecular flexibility index (Phi) is 5.50. The number of hydrogen-bond acceptors (Lipinski definition) is 7. The predicted molar refractivity (Wildman–Crippen MR) is 99.5 cm³/mol. The van der Waals surface area contributed by atoms with Crippen LogP contribution >= 0.6 is 0 Å². The summed E-state index contributed by atoms with van der Waals surface area (Å²) in [6, 6.07) is 8.11. The summed E-state index contributed by atoms with van der Waals surface area (Å²) in [5.41, 5.74) is 1.26. The molecule has 0 atom stereocenters. The Morgan fingerprint density at radius 2 is 1.52 bits per heavy atom. The molecule has 138 valence electrons. The Labute approximate surface area is 158 Å². The predicted octanol–water partition coefficient (Wildman–Crippen LogP) is 3.10. The number of nitrogens with zero attached hydrogens (tertiary/aromatic N) is 5. The summed E-state index contributed by atoms with van der Waals surface area (Å²) in [5.74, 6) is 1.86. The van der Waals surface area contributed by atoms with E-state index in [1.165, 1.54) is 5.56 Å². The molecule has 0 amide bonds. The average Bonchev–Trinajstić information content (AvgIpc) is 2.73. The molecular weight excluding hydrogens is 342 g/mol. The zero-order chi connectivity index (χ0) is 18.3. The van der Waals surface area contributed by atoms with Crippen molar-refractivity contribution in [2.24, 2.45) is 0 Å². The standard InChI is InChI=1S/C20H21N5O2/c1-3-17(26-19-13-21-7-9-23-19)4-2-16(1)15-25-11-5-18(6-12-25)27-20-14-22-8-10-24-20/h1-4,7-10,13-14,18H,5-6,11-12,15H2. The number of hydrogen-bond donors (Lipinski definition) is 0. The zero-order valence-electron chi connectivity index (χ0n) is 14.9. The van der Waals surface area contributed by atoms with Crippen molar-refractivity contribution in [2.75, 3.05) is 13.1 Å². The fourth-order valence-corrected chi connectivity index (χ4v) is 3.08. The minimum Gasteiger partial charge on any atom is -0.473 e. The van der Waals surface area contributed by atoms with E-state index < -0.39 is 0 Å². The summed E-state index contributed by atoms with van der Waals surface area (Å²) in [7, 11) is 0. The van der Waals surface area contributed by atoms with Crippen LogP contribution in [-0.2, 0) is 6.54 Å². The lowest BCUT2D eigenvalue weighted by Crippen LogP contribution is -2.37. The second-order valence-electron chi connectivity index (χ2n) is 6.43. The Bertz CT molecular complexity index is 822. The minimum atomic E-state index is 0.209. The highest BCUT2D eigenvalue weighted by Gasteiger charge is 2.21. The molecule has 0 bridgehead atoms. The Hall–Kier alpha value is -3.06. The first-order chi connectivity index (χ1) is 13.3. The first kappa shape index (κ1) is 17.4. The third-order valence-electron chi connectivity index (χ3n) is 4.45. The van der Waals surface area contributed by atoms with Crippen molar-refractivity contribution in [3.63, 3.8) is 0 Å². The van der Waals surface area contributed by atoms with Crippen LogP contribution in [0.5, 0.6) is 17.5 Å². The first-order valence-corrected chi connectivity index (χ1v) is 9.03. The molecule has 7 heteroatoms. The summed E-state index contributed by atoms with van der Waals surface area (Å²) in [4.78, 5) is 18.8. The van der Waals surface area contributed by atoms with Crippen molar-refractivity contribution >= 4 is 0 Å². The fourth-order valence-electron chi connectivity index (χ4n) is 3.08. The van der Waals surface area contributed by atoms with Crippen molar-refractivity contribution in [2.45, 2.75) is 25.5 Å². The molecule has 1 aromatic carbocycles. The molecule has 0 unspecified atom stereocenters. The van der Waals surface area contributed by atoms with E-state index in [9.17, 15) is 0 Å². The molecule has 3 aromatic rings. The van der Waals surface area contributed by atoms with Crippen LogP contribution in [0.15, 0.2) is 61.4 Å². The van der Waals surface area contributed by atoms with Gasteiger partial charge in [-0.3, -0.25) is 14.9 Å². The Morgan fingerprint density at radius 3 is 2.15 bits per heavy atom. The summed E-state index contributed by atoms with van der Waals surface area (Å²) in [6.07, 6.45) is 12.0. The molecule has 3 heterocycles. The topological polar surface area (TPSA) is 73.3 Å². The van der Waals surface area contributed by atoms with Gasteiger partial charge in [-0.1, -0.05) is 12.1 Å². The second kappa shape index (κ2) is 8.55. The molecule has 1 aliphatic heterocycles. The molecular formula is C20H21N5O2. The quantitative estimate of drug-likeness (QED) is 0.666. The van der Waals surface area contributed by atoms with Gasteiger partial charge in [0.05, 0.1) is 12.4 Å². The van der Waals surface area contributed by atoms with Gasteiger partial charge in [0, 0.05) is 44.4 Å². The largest absolute Gasteiger partial charge is 0.473 e. The molecule has 4 rings (SSSR count). The van der Waals surface area contributed by atoms with Gasteiger partial charge >= 0.3 is 0 Å². The smallest absolute Gasteiger partial charge is 0.237 e. The normalized spacial score (nSPS) is 15.4. The fraction of sp³-hybridized carbons (Fsp3) is 0.300. The van der Waals surface area contributed by atoms with E-state index in [-0.39, 0.29) is 6.10 Å². The van der Waals surface area contributed by atoms with Crippen molar-refractivity contribution in [3.8, 4) is 17.5 Å². The summed E-state index contributed by atoms with van der Waals surface area (Å²) in [6.45, 7) is 2.93. The zero-order valence-corrected chi connectivity index (χ0v) is 14.9. The van der Waals surface area contributed by atoms with Crippen LogP contribution in [0.1, 0.15) is 18.4 Å². The highest BCUT2D eigenvalue weighted by molar-refractivity contribution is 5.29. The van der Waals surface area contributed by atoms with Crippen molar-refractivity contribution in [3.05, 3.63) is 67.0 Å². The molecule has 0 N–H and O–H groups in total. The van der Waals surface area contributed by atoms with E-state index in [1.54, 1.807) is 37.2 Å². The minimum absolute atomic E-state index is 0.209. The molecule has 7 nitrogen and oxygen atoms in total. The third-order valence-corrected chi connectivity index (χ3v) is 4.45. The molecule has 0 aliphatic carbocycles. The van der Waals surface area contributed by atoms with Crippen LogP contribution in [-0.4, -0.2) is 44.0 Å². The molecule has 0 radical (unpaired) electrons. The number of ether oxygens (including phenoxy) is 2. The lowest BCUT2D eigenvalue weighted by Gasteiger charge is -2.31. The van der Waals surface area contributed by atoms with Crippen LogP contribution in [0.4, 0.5) is 0 Å². The van der Waals surface area contributed by atoms with Gasteiger partial charge in [-0.15, -0.1) is 0 Å². The van der Waals surface area contributed by atoms with Gasteiger partial charge in [0.25, 0.3) is 0 Å². The highest BCUT2D eigenvalue weighted by Crippen LogP contribution is 2.21. The lowest BCUT2D eigenvalue weighted by molar-refractivity contribution is 0.0929. The van der Waals surface area contributed by atoms with Crippen LogP contribution < -0.4 is 9.47 Å². The number of aromatic nitrogens is 4. The maximum absolute atomic E-state index is 5.90. The van der Waals surface area contributed by atoms with E-state index in [0.717, 1.165) is 38.2 Å². The molecule has 0 spiro atoms. The monoisotopic (exact) mass is 363 g/mol. The van der Waals surface area contributed by atoms with E-state index in [2.05, 4.69) is 37.0 Å². The van der Waals surface area contributed by atoms with Crippen molar-refractivity contribution in [1.82, 2.24) is 24.8 Å². The maximum atomic E-state index is 5.90. The van der Waals surface area contributed by atoms with Crippen molar-refractivity contribution < 1.29 is 9.47 Å². The molecule has 2 aromatic heterocycles. The summed E-state index contributed by atoms with van der Waals surface area (Å²) in [5, 5.41) is 0. The highest BCUT2D eigenvalue weighted by atomic mass is 16.5. The van der Waals surface area contributed by atoms with E-state index in [0.29, 0.717) is 11.8 Å². The number of rotatable bonds is 6.